The Balaban J connectivity index is 2.20. The monoisotopic (exact) mass is 254 g/mol. The lowest BCUT2D eigenvalue weighted by Crippen LogP contribution is -1.93. The number of rotatable bonds is 3. The summed E-state index contributed by atoms with van der Waals surface area (Å²) < 4.78 is 0. The summed E-state index contributed by atoms with van der Waals surface area (Å²) in [5.41, 5.74) is 2.08. The highest BCUT2D eigenvalue weighted by Crippen LogP contribution is 2.23. The Labute approximate surface area is 111 Å². The molecule has 2 rings (SSSR count). The van der Waals surface area contributed by atoms with Crippen LogP contribution in [0.3, 0.4) is 0 Å². The minimum absolute atomic E-state index is 0.0192. The van der Waals surface area contributed by atoms with E-state index in [4.69, 9.17) is 0 Å². The lowest BCUT2D eigenvalue weighted by Gasteiger charge is -2.00. The summed E-state index contributed by atoms with van der Waals surface area (Å²) in [5.74, 6) is -0.0891. The number of phenolic OH excluding ortho intramolecular Hbond substituents is 2. The molecule has 96 valence electrons. The maximum Gasteiger partial charge on any atom is 0.185 e. The fourth-order valence-electron chi connectivity index (χ4n) is 1.65. The second-order valence-electron chi connectivity index (χ2n) is 4.31. The largest absolute Gasteiger partial charge is 0.508 e. The van der Waals surface area contributed by atoms with Crippen LogP contribution in [-0.4, -0.2) is 16.0 Å². The Kier molecular flexibility index (Phi) is 3.66. The van der Waals surface area contributed by atoms with Gasteiger partial charge in [-0.3, -0.25) is 4.79 Å². The van der Waals surface area contributed by atoms with Crippen LogP contribution in [0, 0.1) is 6.92 Å². The van der Waals surface area contributed by atoms with E-state index in [0.29, 0.717) is 11.1 Å². The number of benzene rings is 2. The van der Waals surface area contributed by atoms with Crippen molar-refractivity contribution in [1.82, 2.24) is 0 Å². The molecule has 0 heterocycles. The first-order valence-electron chi connectivity index (χ1n) is 5.87. The highest BCUT2D eigenvalue weighted by Gasteiger charge is 2.03. The molecule has 19 heavy (non-hydrogen) atoms. The quantitative estimate of drug-likeness (QED) is 0.502. The Morgan fingerprint density at radius 3 is 2.42 bits per heavy atom. The van der Waals surface area contributed by atoms with Crippen molar-refractivity contribution in [2.24, 2.45) is 0 Å². The van der Waals surface area contributed by atoms with Gasteiger partial charge >= 0.3 is 0 Å². The van der Waals surface area contributed by atoms with Gasteiger partial charge in [0, 0.05) is 11.1 Å². The van der Waals surface area contributed by atoms with Gasteiger partial charge < -0.3 is 10.2 Å². The van der Waals surface area contributed by atoms with E-state index in [1.54, 1.807) is 12.1 Å². The molecule has 2 aromatic rings. The van der Waals surface area contributed by atoms with Crippen molar-refractivity contribution in [3.05, 3.63) is 65.2 Å². The highest BCUT2D eigenvalue weighted by atomic mass is 16.3. The van der Waals surface area contributed by atoms with Crippen LogP contribution in [-0.2, 0) is 0 Å². The molecular formula is C16H14O3. The van der Waals surface area contributed by atoms with E-state index in [0.717, 1.165) is 5.56 Å². The van der Waals surface area contributed by atoms with Gasteiger partial charge in [-0.1, -0.05) is 29.8 Å². The van der Waals surface area contributed by atoms with Gasteiger partial charge in [-0.15, -0.1) is 0 Å². The van der Waals surface area contributed by atoms with Gasteiger partial charge in [0.15, 0.2) is 5.78 Å². The summed E-state index contributed by atoms with van der Waals surface area (Å²) in [6.45, 7) is 1.95. The first kappa shape index (κ1) is 12.9. The molecule has 0 amide bonds. The lowest BCUT2D eigenvalue weighted by molar-refractivity contribution is 0.104. The molecular weight excluding hydrogens is 240 g/mol. The second kappa shape index (κ2) is 5.40. The summed E-state index contributed by atoms with van der Waals surface area (Å²) in [7, 11) is 0. The first-order valence-corrected chi connectivity index (χ1v) is 5.87. The molecule has 2 N–H and O–H groups in total. The molecule has 0 aromatic heterocycles. The van der Waals surface area contributed by atoms with Gasteiger partial charge in [-0.05, 0) is 37.3 Å². The molecule has 0 fully saturated rings. The van der Waals surface area contributed by atoms with Gasteiger partial charge in [-0.2, -0.15) is 0 Å². The molecule has 2 aromatic carbocycles. The number of ketones is 1. The van der Waals surface area contributed by atoms with E-state index in [-0.39, 0.29) is 17.3 Å². The summed E-state index contributed by atoms with van der Waals surface area (Å²) in [6.07, 6.45) is 2.86. The zero-order chi connectivity index (χ0) is 13.8. The Morgan fingerprint density at radius 1 is 1.05 bits per heavy atom. The summed E-state index contributed by atoms with van der Waals surface area (Å²) >= 11 is 0. The van der Waals surface area contributed by atoms with E-state index >= 15 is 0 Å². The molecule has 0 atom stereocenters. The Bertz CT molecular complexity index is 625. The van der Waals surface area contributed by atoms with Crippen molar-refractivity contribution in [2.45, 2.75) is 6.92 Å². The number of hydrogen-bond donors (Lipinski definition) is 2. The average Bonchev–Trinajstić information content (AvgIpc) is 2.40. The zero-order valence-corrected chi connectivity index (χ0v) is 10.5. The van der Waals surface area contributed by atoms with Gasteiger partial charge in [-0.25, -0.2) is 0 Å². The van der Waals surface area contributed by atoms with Crippen molar-refractivity contribution in [3.8, 4) is 11.5 Å². The maximum absolute atomic E-state index is 11.9. The van der Waals surface area contributed by atoms with Crippen LogP contribution in [0.4, 0.5) is 0 Å². The number of aromatic hydroxyl groups is 2. The molecule has 0 aliphatic rings. The van der Waals surface area contributed by atoms with Gasteiger partial charge in [0.05, 0.1) is 0 Å². The van der Waals surface area contributed by atoms with Crippen molar-refractivity contribution < 1.29 is 15.0 Å². The Morgan fingerprint density at radius 2 is 1.74 bits per heavy atom. The highest BCUT2D eigenvalue weighted by molar-refractivity contribution is 6.06. The third kappa shape index (κ3) is 3.22. The van der Waals surface area contributed by atoms with E-state index in [1.165, 1.54) is 30.4 Å². The molecule has 0 aliphatic carbocycles. The van der Waals surface area contributed by atoms with Crippen LogP contribution in [0.2, 0.25) is 0 Å². The van der Waals surface area contributed by atoms with Crippen molar-refractivity contribution in [2.75, 3.05) is 0 Å². The number of carbonyl (C=O) groups excluding carboxylic acids is 1. The number of allylic oxidation sites excluding steroid dienone is 1. The van der Waals surface area contributed by atoms with Gasteiger partial charge in [0.2, 0.25) is 0 Å². The minimum atomic E-state index is -0.150. The smallest absolute Gasteiger partial charge is 0.185 e. The maximum atomic E-state index is 11.9. The molecule has 0 aliphatic heterocycles. The van der Waals surface area contributed by atoms with E-state index in [1.807, 2.05) is 19.1 Å². The fourth-order valence-corrected chi connectivity index (χ4v) is 1.65. The van der Waals surface area contributed by atoms with Crippen LogP contribution < -0.4 is 0 Å². The van der Waals surface area contributed by atoms with Crippen LogP contribution >= 0.6 is 0 Å². The van der Waals surface area contributed by atoms with Crippen LogP contribution in [0.1, 0.15) is 21.5 Å². The first-order chi connectivity index (χ1) is 9.06. The summed E-state index contributed by atoms with van der Waals surface area (Å²) in [6, 6.07) is 11.4. The SMILES string of the molecule is Cc1ccc(C(=O)/C=C/c2cc(O)ccc2O)cc1. The van der Waals surface area contributed by atoms with Crippen molar-refractivity contribution in [3.63, 3.8) is 0 Å². The lowest BCUT2D eigenvalue weighted by atomic mass is 10.1. The van der Waals surface area contributed by atoms with Gasteiger partial charge in [0.25, 0.3) is 0 Å². The Hall–Kier alpha value is -2.55. The number of carbonyl (C=O) groups is 1. The van der Waals surface area contributed by atoms with Crippen molar-refractivity contribution >= 4 is 11.9 Å². The summed E-state index contributed by atoms with van der Waals surface area (Å²) in [5, 5.41) is 18.9. The minimum Gasteiger partial charge on any atom is -0.508 e. The molecule has 0 bridgehead atoms. The second-order valence-corrected chi connectivity index (χ2v) is 4.31. The summed E-state index contributed by atoms with van der Waals surface area (Å²) in [4.78, 5) is 11.9. The molecule has 0 radical (unpaired) electrons. The van der Waals surface area contributed by atoms with Crippen LogP contribution in [0.15, 0.2) is 48.5 Å². The predicted molar refractivity (Wildman–Crippen MR) is 74.3 cm³/mol. The molecule has 3 nitrogen and oxygen atoms in total. The van der Waals surface area contributed by atoms with Crippen molar-refractivity contribution in [1.29, 1.82) is 0 Å². The normalized spacial score (nSPS) is 10.8. The zero-order valence-electron chi connectivity index (χ0n) is 10.5. The standard InChI is InChI=1S/C16H14O3/c1-11-2-4-12(5-3-11)15(18)8-6-13-10-14(17)7-9-16(13)19/h2-10,17,19H,1H3/b8-6+. The van der Waals surface area contributed by atoms with E-state index < -0.39 is 0 Å². The molecule has 0 saturated heterocycles. The number of phenols is 2. The predicted octanol–water partition coefficient (Wildman–Crippen LogP) is 3.30. The third-order valence-electron chi connectivity index (χ3n) is 2.76. The molecule has 3 heteroatoms. The average molecular weight is 254 g/mol. The van der Waals surface area contributed by atoms with Crippen LogP contribution in [0.5, 0.6) is 11.5 Å². The van der Waals surface area contributed by atoms with E-state index in [2.05, 4.69) is 0 Å². The molecule has 0 saturated carbocycles. The number of aryl methyl sites for hydroxylation is 1. The fraction of sp³-hybridized carbons (Fsp3) is 0.0625. The topological polar surface area (TPSA) is 57.5 Å². The van der Waals surface area contributed by atoms with Crippen LogP contribution in [0.25, 0.3) is 6.08 Å². The van der Waals surface area contributed by atoms with Gasteiger partial charge in [0.1, 0.15) is 11.5 Å². The number of hydrogen-bond acceptors (Lipinski definition) is 3. The molecule has 0 spiro atoms. The molecule has 0 unspecified atom stereocenters. The third-order valence-corrected chi connectivity index (χ3v) is 2.76. The van der Waals surface area contributed by atoms with E-state index in [9.17, 15) is 15.0 Å².